The second-order valence-corrected chi connectivity index (χ2v) is 4.22. The Morgan fingerprint density at radius 3 is 2.68 bits per heavy atom. The minimum absolute atomic E-state index is 0.0867. The molecule has 0 saturated heterocycles. The van der Waals surface area contributed by atoms with Crippen LogP contribution in [0.2, 0.25) is 0 Å². The molecule has 19 heavy (non-hydrogen) atoms. The Bertz CT molecular complexity index is 382. The van der Waals surface area contributed by atoms with Crippen molar-refractivity contribution in [3.63, 3.8) is 0 Å². The van der Waals surface area contributed by atoms with Crippen molar-refractivity contribution < 1.29 is 13.9 Å². The van der Waals surface area contributed by atoms with Crippen molar-refractivity contribution >= 4 is 5.91 Å². The van der Waals surface area contributed by atoms with Gasteiger partial charge >= 0.3 is 0 Å². The maximum Gasteiger partial charge on any atom is 0.223 e. The van der Waals surface area contributed by atoms with Gasteiger partial charge in [0.25, 0.3) is 0 Å². The van der Waals surface area contributed by atoms with Crippen molar-refractivity contribution in [1.29, 1.82) is 0 Å². The van der Waals surface area contributed by atoms with Crippen molar-refractivity contribution in [1.82, 2.24) is 10.2 Å². The minimum atomic E-state index is -0.289. The third-order valence-electron chi connectivity index (χ3n) is 2.70. The molecule has 0 heterocycles. The van der Waals surface area contributed by atoms with Crippen LogP contribution in [0.15, 0.2) is 24.3 Å². The average Bonchev–Trinajstić information content (AvgIpc) is 2.41. The molecule has 106 valence electrons. The highest BCUT2D eigenvalue weighted by Crippen LogP contribution is 2.10. The molecule has 0 radical (unpaired) electrons. The summed E-state index contributed by atoms with van der Waals surface area (Å²) in [6.45, 7) is 4.48. The summed E-state index contributed by atoms with van der Waals surface area (Å²) in [6, 6.07) is 5.84. The molecule has 0 aliphatic carbocycles. The second kappa shape index (κ2) is 8.48. The van der Waals surface area contributed by atoms with E-state index in [9.17, 15) is 9.18 Å². The van der Waals surface area contributed by atoms with Crippen LogP contribution in [0.25, 0.3) is 0 Å². The van der Waals surface area contributed by atoms with Gasteiger partial charge in [-0.3, -0.25) is 4.79 Å². The number of ether oxygens (including phenoxy) is 1. The molecule has 1 amide bonds. The molecule has 0 saturated carbocycles. The molecule has 1 aromatic rings. The Hall–Kier alpha value is -1.62. The van der Waals surface area contributed by atoms with Gasteiger partial charge in [0.2, 0.25) is 5.91 Å². The molecular formula is C14H21FN2O2. The van der Waals surface area contributed by atoms with Crippen molar-refractivity contribution in [2.45, 2.75) is 13.3 Å². The lowest BCUT2D eigenvalue weighted by Crippen LogP contribution is -2.33. The Balaban J connectivity index is 2.20. The minimum Gasteiger partial charge on any atom is -0.492 e. The van der Waals surface area contributed by atoms with Gasteiger partial charge in [-0.05, 0) is 30.8 Å². The van der Waals surface area contributed by atoms with Gasteiger partial charge in [-0.25, -0.2) is 4.39 Å². The van der Waals surface area contributed by atoms with Gasteiger partial charge in [0.1, 0.15) is 18.2 Å². The summed E-state index contributed by atoms with van der Waals surface area (Å²) in [7, 11) is 1.75. The van der Waals surface area contributed by atoms with E-state index in [1.54, 1.807) is 24.1 Å². The van der Waals surface area contributed by atoms with Crippen LogP contribution < -0.4 is 10.1 Å². The summed E-state index contributed by atoms with van der Waals surface area (Å²) >= 11 is 0. The SMILES string of the molecule is CCNCCC(=O)N(C)CCOc1ccc(F)cc1. The molecule has 0 aliphatic heterocycles. The van der Waals surface area contributed by atoms with Gasteiger partial charge in [0.15, 0.2) is 0 Å². The number of nitrogens with one attached hydrogen (secondary N) is 1. The summed E-state index contributed by atoms with van der Waals surface area (Å²) in [5, 5.41) is 3.11. The molecule has 4 nitrogen and oxygen atoms in total. The zero-order valence-electron chi connectivity index (χ0n) is 11.5. The fourth-order valence-electron chi connectivity index (χ4n) is 1.52. The fraction of sp³-hybridized carbons (Fsp3) is 0.500. The highest BCUT2D eigenvalue weighted by atomic mass is 19.1. The van der Waals surface area contributed by atoms with Gasteiger partial charge in [0.05, 0.1) is 6.54 Å². The molecule has 0 bridgehead atoms. The zero-order chi connectivity index (χ0) is 14.1. The first kappa shape index (κ1) is 15.4. The van der Waals surface area contributed by atoms with E-state index in [1.807, 2.05) is 6.92 Å². The average molecular weight is 268 g/mol. The number of carbonyl (C=O) groups excluding carboxylic acids is 1. The van der Waals surface area contributed by atoms with E-state index < -0.39 is 0 Å². The summed E-state index contributed by atoms with van der Waals surface area (Å²) < 4.78 is 18.1. The van der Waals surface area contributed by atoms with Crippen LogP contribution in [-0.4, -0.2) is 44.1 Å². The van der Waals surface area contributed by atoms with Crippen LogP contribution in [0.1, 0.15) is 13.3 Å². The number of carbonyl (C=O) groups is 1. The van der Waals surface area contributed by atoms with Crippen LogP contribution in [-0.2, 0) is 4.79 Å². The molecule has 1 aromatic carbocycles. The van der Waals surface area contributed by atoms with Gasteiger partial charge in [-0.15, -0.1) is 0 Å². The molecule has 0 fully saturated rings. The molecule has 0 aliphatic rings. The predicted octanol–water partition coefficient (Wildman–Crippen LogP) is 1.66. The highest BCUT2D eigenvalue weighted by molar-refractivity contribution is 5.76. The monoisotopic (exact) mass is 268 g/mol. The highest BCUT2D eigenvalue weighted by Gasteiger charge is 2.07. The molecule has 0 unspecified atom stereocenters. The number of hydrogen-bond acceptors (Lipinski definition) is 3. The zero-order valence-corrected chi connectivity index (χ0v) is 11.5. The van der Waals surface area contributed by atoms with E-state index in [1.165, 1.54) is 12.1 Å². The number of hydrogen-bond donors (Lipinski definition) is 1. The molecule has 0 spiro atoms. The molecular weight excluding hydrogens is 247 g/mol. The molecule has 0 aromatic heterocycles. The first-order valence-corrected chi connectivity index (χ1v) is 6.46. The Labute approximate surface area is 113 Å². The van der Waals surface area contributed by atoms with Gasteiger partial charge in [-0.1, -0.05) is 6.92 Å². The first-order valence-electron chi connectivity index (χ1n) is 6.46. The smallest absolute Gasteiger partial charge is 0.223 e. The van der Waals surface area contributed by atoms with E-state index in [0.29, 0.717) is 31.9 Å². The lowest BCUT2D eigenvalue weighted by atomic mass is 10.3. The maximum atomic E-state index is 12.7. The summed E-state index contributed by atoms with van der Waals surface area (Å²) in [5.41, 5.74) is 0. The number of amides is 1. The first-order chi connectivity index (χ1) is 9.13. The van der Waals surface area contributed by atoms with Crippen LogP contribution >= 0.6 is 0 Å². The van der Waals surface area contributed by atoms with Gasteiger partial charge < -0.3 is 15.0 Å². The van der Waals surface area contributed by atoms with Crippen LogP contribution in [0.4, 0.5) is 4.39 Å². The molecule has 1 rings (SSSR count). The summed E-state index contributed by atoms with van der Waals surface area (Å²) in [6.07, 6.45) is 0.487. The summed E-state index contributed by atoms with van der Waals surface area (Å²) in [5.74, 6) is 0.404. The van der Waals surface area contributed by atoms with Crippen molar-refractivity contribution in [2.75, 3.05) is 33.3 Å². The Morgan fingerprint density at radius 1 is 1.37 bits per heavy atom. The Morgan fingerprint density at radius 2 is 2.05 bits per heavy atom. The third kappa shape index (κ3) is 6.20. The fourth-order valence-corrected chi connectivity index (χ4v) is 1.52. The predicted molar refractivity (Wildman–Crippen MR) is 72.7 cm³/mol. The number of benzene rings is 1. The third-order valence-corrected chi connectivity index (χ3v) is 2.70. The van der Waals surface area contributed by atoms with Gasteiger partial charge in [-0.2, -0.15) is 0 Å². The number of halogens is 1. The van der Waals surface area contributed by atoms with Crippen LogP contribution in [0.3, 0.4) is 0 Å². The van der Waals surface area contributed by atoms with E-state index in [4.69, 9.17) is 4.74 Å². The Kier molecular flexibility index (Phi) is 6.89. The van der Waals surface area contributed by atoms with E-state index in [0.717, 1.165) is 6.54 Å². The van der Waals surface area contributed by atoms with Crippen molar-refractivity contribution in [3.8, 4) is 5.75 Å². The van der Waals surface area contributed by atoms with E-state index >= 15 is 0 Å². The van der Waals surface area contributed by atoms with E-state index in [2.05, 4.69) is 5.32 Å². The molecule has 0 atom stereocenters. The quantitative estimate of drug-likeness (QED) is 0.729. The largest absolute Gasteiger partial charge is 0.492 e. The maximum absolute atomic E-state index is 12.7. The van der Waals surface area contributed by atoms with E-state index in [-0.39, 0.29) is 11.7 Å². The lowest BCUT2D eigenvalue weighted by molar-refractivity contribution is -0.130. The second-order valence-electron chi connectivity index (χ2n) is 4.22. The lowest BCUT2D eigenvalue weighted by Gasteiger charge is -2.17. The van der Waals surface area contributed by atoms with Crippen LogP contribution in [0, 0.1) is 5.82 Å². The standard InChI is InChI=1S/C14H21FN2O2/c1-3-16-9-8-14(18)17(2)10-11-19-13-6-4-12(15)5-7-13/h4-7,16H,3,8-11H2,1-2H3. The van der Waals surface area contributed by atoms with Gasteiger partial charge in [0, 0.05) is 20.0 Å². The number of nitrogens with zero attached hydrogens (tertiary/aromatic N) is 1. The number of likely N-dealkylation sites (N-methyl/N-ethyl adjacent to an activating group) is 1. The molecule has 5 heteroatoms. The van der Waals surface area contributed by atoms with Crippen molar-refractivity contribution in [2.24, 2.45) is 0 Å². The van der Waals surface area contributed by atoms with Crippen molar-refractivity contribution in [3.05, 3.63) is 30.1 Å². The topological polar surface area (TPSA) is 41.6 Å². The molecule has 1 N–H and O–H groups in total. The van der Waals surface area contributed by atoms with Crippen LogP contribution in [0.5, 0.6) is 5.75 Å². The summed E-state index contributed by atoms with van der Waals surface area (Å²) in [4.78, 5) is 13.3. The number of rotatable bonds is 8. The normalized spacial score (nSPS) is 10.3.